The Hall–Kier alpha value is -1.40. The van der Waals surface area contributed by atoms with Crippen molar-refractivity contribution in [2.24, 2.45) is 0 Å². The number of carbonyl (C=O) groups excluding carboxylic acids is 1. The molecular weight excluding hydrogens is 288 g/mol. The highest BCUT2D eigenvalue weighted by atomic mass is 32.2. The van der Waals surface area contributed by atoms with E-state index >= 15 is 0 Å². The largest absolute Gasteiger partial charge is 0.354 e. The first-order valence-corrected chi connectivity index (χ1v) is 9.04. The molecule has 0 aromatic heterocycles. The van der Waals surface area contributed by atoms with Crippen LogP contribution < -0.4 is 5.32 Å². The summed E-state index contributed by atoms with van der Waals surface area (Å²) < 4.78 is 24.7. The van der Waals surface area contributed by atoms with Gasteiger partial charge >= 0.3 is 0 Å². The van der Waals surface area contributed by atoms with E-state index in [2.05, 4.69) is 5.32 Å². The smallest absolute Gasteiger partial charge is 0.224 e. The summed E-state index contributed by atoms with van der Waals surface area (Å²) in [7, 11) is -3.21. The van der Waals surface area contributed by atoms with Crippen molar-refractivity contribution in [3.63, 3.8) is 0 Å². The van der Waals surface area contributed by atoms with E-state index in [4.69, 9.17) is 0 Å². The average Bonchev–Trinajstić information content (AvgIpc) is 2.42. The maximum Gasteiger partial charge on any atom is 0.224 e. The zero-order chi connectivity index (χ0) is 15.7. The van der Waals surface area contributed by atoms with Crippen LogP contribution in [-0.4, -0.2) is 44.5 Å². The van der Waals surface area contributed by atoms with Gasteiger partial charge in [-0.1, -0.05) is 43.7 Å². The number of benzene rings is 1. The molecule has 0 atom stereocenters. The summed E-state index contributed by atoms with van der Waals surface area (Å²) in [5.74, 6) is -0.0925. The SMILES string of the molecule is CCCCN(CCNC(=O)Cc1ccccc1)S(C)(=O)=O. The Kier molecular flexibility index (Phi) is 7.39. The molecule has 1 amide bonds. The highest BCUT2D eigenvalue weighted by Crippen LogP contribution is 2.01. The van der Waals surface area contributed by atoms with Gasteiger partial charge in [0.25, 0.3) is 0 Å². The van der Waals surface area contributed by atoms with Gasteiger partial charge in [-0.15, -0.1) is 0 Å². The number of rotatable bonds is 9. The Bertz CT molecular complexity index is 529. The van der Waals surface area contributed by atoms with Gasteiger partial charge in [0.1, 0.15) is 0 Å². The Balaban J connectivity index is 2.38. The maximum absolute atomic E-state index is 11.8. The molecule has 1 rings (SSSR count). The fourth-order valence-corrected chi connectivity index (χ4v) is 2.83. The molecule has 5 nitrogen and oxygen atoms in total. The lowest BCUT2D eigenvalue weighted by Crippen LogP contribution is -2.39. The second kappa shape index (κ2) is 8.79. The lowest BCUT2D eigenvalue weighted by atomic mass is 10.1. The van der Waals surface area contributed by atoms with Crippen molar-refractivity contribution in [1.82, 2.24) is 9.62 Å². The van der Waals surface area contributed by atoms with Gasteiger partial charge in [-0.3, -0.25) is 4.79 Å². The van der Waals surface area contributed by atoms with Crippen molar-refractivity contribution in [1.29, 1.82) is 0 Å². The van der Waals surface area contributed by atoms with Crippen LogP contribution in [0.2, 0.25) is 0 Å². The number of nitrogens with zero attached hydrogens (tertiary/aromatic N) is 1. The molecule has 0 spiro atoms. The summed E-state index contributed by atoms with van der Waals surface area (Å²) in [5.41, 5.74) is 0.945. The van der Waals surface area contributed by atoms with Crippen LogP contribution in [0.4, 0.5) is 0 Å². The maximum atomic E-state index is 11.8. The molecular formula is C15H24N2O3S. The summed E-state index contributed by atoms with van der Waals surface area (Å²) >= 11 is 0. The van der Waals surface area contributed by atoms with Crippen LogP contribution in [0, 0.1) is 0 Å². The van der Waals surface area contributed by atoms with Crippen molar-refractivity contribution in [3.05, 3.63) is 35.9 Å². The fourth-order valence-electron chi connectivity index (χ4n) is 1.94. The van der Waals surface area contributed by atoms with Crippen molar-refractivity contribution in [3.8, 4) is 0 Å². The monoisotopic (exact) mass is 312 g/mol. The van der Waals surface area contributed by atoms with Crippen LogP contribution in [-0.2, 0) is 21.2 Å². The molecule has 0 aliphatic heterocycles. The molecule has 0 saturated carbocycles. The number of sulfonamides is 1. The Morgan fingerprint density at radius 3 is 2.43 bits per heavy atom. The second-order valence-electron chi connectivity index (χ2n) is 5.03. The first-order valence-electron chi connectivity index (χ1n) is 7.19. The van der Waals surface area contributed by atoms with Gasteiger partial charge in [0.15, 0.2) is 0 Å². The third-order valence-electron chi connectivity index (χ3n) is 3.12. The molecule has 21 heavy (non-hydrogen) atoms. The van der Waals surface area contributed by atoms with Gasteiger partial charge in [0, 0.05) is 19.6 Å². The average molecular weight is 312 g/mol. The van der Waals surface area contributed by atoms with Crippen molar-refractivity contribution in [2.45, 2.75) is 26.2 Å². The van der Waals surface area contributed by atoms with Gasteiger partial charge in [-0.25, -0.2) is 12.7 Å². The topological polar surface area (TPSA) is 66.5 Å². The summed E-state index contributed by atoms with van der Waals surface area (Å²) in [4.78, 5) is 11.8. The predicted molar refractivity (Wildman–Crippen MR) is 84.5 cm³/mol. The van der Waals surface area contributed by atoms with Gasteiger partial charge in [-0.2, -0.15) is 0 Å². The molecule has 6 heteroatoms. The van der Waals surface area contributed by atoms with Gasteiger partial charge < -0.3 is 5.32 Å². The molecule has 0 bridgehead atoms. The normalized spacial score (nSPS) is 11.6. The summed E-state index contributed by atoms with van der Waals surface area (Å²) in [6, 6.07) is 9.46. The quantitative estimate of drug-likeness (QED) is 0.749. The highest BCUT2D eigenvalue weighted by molar-refractivity contribution is 7.88. The van der Waals surface area contributed by atoms with E-state index in [0.717, 1.165) is 18.4 Å². The Labute approximate surface area is 127 Å². The van der Waals surface area contributed by atoms with Crippen LogP contribution in [0.1, 0.15) is 25.3 Å². The molecule has 1 N–H and O–H groups in total. The van der Waals surface area contributed by atoms with Crippen LogP contribution in [0.5, 0.6) is 0 Å². The summed E-state index contributed by atoms with van der Waals surface area (Å²) in [5, 5.41) is 2.77. The molecule has 0 aliphatic rings. The number of nitrogens with one attached hydrogen (secondary N) is 1. The minimum atomic E-state index is -3.21. The first-order chi connectivity index (χ1) is 9.93. The number of amides is 1. The van der Waals surface area contributed by atoms with E-state index in [1.807, 2.05) is 37.3 Å². The van der Waals surface area contributed by atoms with Crippen molar-refractivity contribution in [2.75, 3.05) is 25.9 Å². The van der Waals surface area contributed by atoms with E-state index in [1.165, 1.54) is 10.6 Å². The molecule has 0 fully saturated rings. The number of carbonyl (C=O) groups is 1. The summed E-state index contributed by atoms with van der Waals surface area (Å²) in [6.45, 7) is 3.17. The first kappa shape index (κ1) is 17.7. The van der Waals surface area contributed by atoms with E-state index in [-0.39, 0.29) is 5.91 Å². The molecule has 1 aromatic rings. The van der Waals surface area contributed by atoms with E-state index < -0.39 is 10.0 Å². The van der Waals surface area contributed by atoms with Crippen LogP contribution in [0.3, 0.4) is 0 Å². The predicted octanol–water partition coefficient (Wildman–Crippen LogP) is 1.41. The molecule has 1 aromatic carbocycles. The molecule has 0 unspecified atom stereocenters. The minimum Gasteiger partial charge on any atom is -0.354 e. The fraction of sp³-hybridized carbons (Fsp3) is 0.533. The molecule has 0 saturated heterocycles. The third-order valence-corrected chi connectivity index (χ3v) is 4.42. The Morgan fingerprint density at radius 2 is 1.86 bits per heavy atom. The van der Waals surface area contributed by atoms with Gasteiger partial charge in [-0.05, 0) is 12.0 Å². The van der Waals surface area contributed by atoms with Crippen molar-refractivity contribution >= 4 is 15.9 Å². The van der Waals surface area contributed by atoms with Gasteiger partial charge in [0.05, 0.1) is 12.7 Å². The zero-order valence-corrected chi connectivity index (χ0v) is 13.5. The highest BCUT2D eigenvalue weighted by Gasteiger charge is 2.15. The summed E-state index contributed by atoms with van der Waals surface area (Å²) in [6.07, 6.45) is 3.28. The van der Waals surface area contributed by atoms with Crippen LogP contribution >= 0.6 is 0 Å². The number of unbranched alkanes of at least 4 members (excludes halogenated alkanes) is 1. The second-order valence-corrected chi connectivity index (χ2v) is 7.01. The molecule has 0 aliphatic carbocycles. The molecule has 0 radical (unpaired) electrons. The van der Waals surface area contributed by atoms with Crippen molar-refractivity contribution < 1.29 is 13.2 Å². The number of hydrogen-bond donors (Lipinski definition) is 1. The van der Waals surface area contributed by atoms with Gasteiger partial charge in [0.2, 0.25) is 15.9 Å². The van der Waals surface area contributed by atoms with Crippen LogP contribution in [0.25, 0.3) is 0 Å². The standard InChI is InChI=1S/C15H24N2O3S/c1-3-4-11-17(21(2,19)20)12-10-16-15(18)13-14-8-6-5-7-9-14/h5-9H,3-4,10-13H2,1-2H3,(H,16,18). The third kappa shape index (κ3) is 7.24. The Morgan fingerprint density at radius 1 is 1.19 bits per heavy atom. The zero-order valence-electron chi connectivity index (χ0n) is 12.7. The minimum absolute atomic E-state index is 0.0925. The van der Waals surface area contributed by atoms with Crippen LogP contribution in [0.15, 0.2) is 30.3 Å². The lowest BCUT2D eigenvalue weighted by Gasteiger charge is -2.19. The lowest BCUT2D eigenvalue weighted by molar-refractivity contribution is -0.120. The molecule has 118 valence electrons. The number of hydrogen-bond acceptors (Lipinski definition) is 3. The van der Waals surface area contributed by atoms with E-state index in [0.29, 0.717) is 26.1 Å². The van der Waals surface area contributed by atoms with E-state index in [1.54, 1.807) is 0 Å². The molecule has 0 heterocycles. The van der Waals surface area contributed by atoms with E-state index in [9.17, 15) is 13.2 Å².